The number of piperidine rings is 1. The van der Waals surface area contributed by atoms with Gasteiger partial charge in [0.1, 0.15) is 6.33 Å². The third-order valence-corrected chi connectivity index (χ3v) is 5.46. The molecular weight excluding hydrogens is 307 g/mol. The van der Waals surface area contributed by atoms with E-state index in [9.17, 15) is 12.8 Å². The van der Waals surface area contributed by atoms with Gasteiger partial charge in [0.05, 0.1) is 11.9 Å². The van der Waals surface area contributed by atoms with Crippen LogP contribution >= 0.6 is 0 Å². The molecule has 1 aliphatic heterocycles. The molecule has 124 valence electrons. The van der Waals surface area contributed by atoms with E-state index in [1.807, 2.05) is 11.8 Å². The number of sulfonamides is 1. The Kier molecular flexibility index (Phi) is 5.33. The highest BCUT2D eigenvalue weighted by Crippen LogP contribution is 2.25. The second-order valence-electron chi connectivity index (χ2n) is 5.79. The molecule has 0 aliphatic carbocycles. The van der Waals surface area contributed by atoms with Gasteiger partial charge in [0.15, 0.2) is 11.6 Å². The average molecular weight is 330 g/mol. The molecule has 0 amide bonds. The summed E-state index contributed by atoms with van der Waals surface area (Å²) >= 11 is 0. The smallest absolute Gasteiger partial charge is 0.210 e. The van der Waals surface area contributed by atoms with E-state index in [0.29, 0.717) is 43.5 Å². The molecule has 0 saturated carbocycles. The summed E-state index contributed by atoms with van der Waals surface area (Å²) in [7, 11) is -1.55. The second-order valence-corrected chi connectivity index (χ2v) is 7.87. The fraction of sp³-hybridized carbons (Fsp3) is 0.714. The first-order chi connectivity index (χ1) is 10.3. The van der Waals surface area contributed by atoms with Gasteiger partial charge in [-0.2, -0.15) is 0 Å². The Morgan fingerprint density at radius 3 is 2.55 bits per heavy atom. The van der Waals surface area contributed by atoms with Crippen LogP contribution in [0.1, 0.15) is 25.5 Å². The maximum absolute atomic E-state index is 14.3. The Morgan fingerprint density at radius 1 is 1.36 bits per heavy atom. The normalized spacial score (nSPS) is 17.2. The van der Waals surface area contributed by atoms with Crippen LogP contribution in [-0.4, -0.2) is 55.6 Å². The fourth-order valence-electron chi connectivity index (χ4n) is 2.69. The minimum atomic E-state index is -3.14. The summed E-state index contributed by atoms with van der Waals surface area (Å²) in [6.45, 7) is 3.74. The summed E-state index contributed by atoms with van der Waals surface area (Å²) in [6.07, 6.45) is 4.80. The van der Waals surface area contributed by atoms with Crippen LogP contribution in [0, 0.1) is 11.7 Å². The van der Waals surface area contributed by atoms with Crippen molar-refractivity contribution in [2.24, 2.45) is 5.92 Å². The zero-order chi connectivity index (χ0) is 16.3. The first-order valence-electron chi connectivity index (χ1n) is 7.48. The van der Waals surface area contributed by atoms with Gasteiger partial charge in [0.25, 0.3) is 0 Å². The quantitative estimate of drug-likeness (QED) is 0.814. The van der Waals surface area contributed by atoms with Crippen LogP contribution in [0.15, 0.2) is 6.33 Å². The maximum atomic E-state index is 14.3. The van der Waals surface area contributed by atoms with Gasteiger partial charge in [-0.25, -0.2) is 27.1 Å². The van der Waals surface area contributed by atoms with Crippen LogP contribution in [0.4, 0.5) is 10.2 Å². The SMILES string of the molecule is CCc1ncnc(N2CCC(CN(C)S(C)(=O)=O)CC2)c1F. The molecule has 1 aromatic heterocycles. The van der Waals surface area contributed by atoms with Gasteiger partial charge in [-0.3, -0.25) is 0 Å². The third kappa shape index (κ3) is 3.92. The van der Waals surface area contributed by atoms with E-state index < -0.39 is 10.0 Å². The van der Waals surface area contributed by atoms with E-state index in [0.717, 1.165) is 12.8 Å². The number of anilines is 1. The second kappa shape index (κ2) is 6.87. The third-order valence-electron chi connectivity index (χ3n) is 4.17. The molecule has 8 heteroatoms. The Labute approximate surface area is 131 Å². The molecule has 0 N–H and O–H groups in total. The lowest BCUT2D eigenvalue weighted by atomic mass is 9.97. The lowest BCUT2D eigenvalue weighted by molar-refractivity contribution is 0.327. The highest BCUT2D eigenvalue weighted by molar-refractivity contribution is 7.88. The van der Waals surface area contributed by atoms with Crippen LogP contribution in [0.25, 0.3) is 0 Å². The standard InChI is InChI=1S/C14H23FN4O2S/c1-4-12-13(15)14(17-10-16-12)19-7-5-11(6-8-19)9-18(2)22(3,20)21/h10-11H,4-9H2,1-3H3. The van der Waals surface area contributed by atoms with Gasteiger partial charge in [0, 0.05) is 26.7 Å². The van der Waals surface area contributed by atoms with E-state index in [2.05, 4.69) is 9.97 Å². The Hall–Kier alpha value is -1.28. The van der Waals surface area contributed by atoms with Gasteiger partial charge >= 0.3 is 0 Å². The Morgan fingerprint density at radius 2 is 2.00 bits per heavy atom. The van der Waals surface area contributed by atoms with E-state index in [-0.39, 0.29) is 5.82 Å². The van der Waals surface area contributed by atoms with Crippen LogP contribution < -0.4 is 4.90 Å². The van der Waals surface area contributed by atoms with Crippen LogP contribution in [-0.2, 0) is 16.4 Å². The summed E-state index contributed by atoms with van der Waals surface area (Å²) in [6, 6.07) is 0. The van der Waals surface area contributed by atoms with E-state index in [4.69, 9.17) is 0 Å². The first kappa shape index (κ1) is 17.1. The number of aromatic nitrogens is 2. The molecule has 1 aromatic rings. The predicted molar refractivity (Wildman–Crippen MR) is 83.8 cm³/mol. The number of rotatable bonds is 5. The number of nitrogens with zero attached hydrogens (tertiary/aromatic N) is 4. The Bertz CT molecular complexity index is 615. The highest BCUT2D eigenvalue weighted by atomic mass is 32.2. The number of hydrogen-bond donors (Lipinski definition) is 0. The van der Waals surface area contributed by atoms with Crippen molar-refractivity contribution in [3.63, 3.8) is 0 Å². The van der Waals surface area contributed by atoms with Crippen molar-refractivity contribution in [3.8, 4) is 0 Å². The molecule has 2 heterocycles. The first-order valence-corrected chi connectivity index (χ1v) is 9.33. The minimum Gasteiger partial charge on any atom is -0.354 e. The van der Waals surface area contributed by atoms with Gasteiger partial charge in [-0.1, -0.05) is 6.92 Å². The van der Waals surface area contributed by atoms with Crippen molar-refractivity contribution in [1.82, 2.24) is 14.3 Å². The molecule has 0 radical (unpaired) electrons. The molecule has 2 rings (SSSR count). The van der Waals surface area contributed by atoms with Crippen molar-refractivity contribution in [1.29, 1.82) is 0 Å². The molecule has 1 saturated heterocycles. The minimum absolute atomic E-state index is 0.298. The van der Waals surface area contributed by atoms with E-state index >= 15 is 0 Å². The molecule has 0 atom stereocenters. The molecule has 22 heavy (non-hydrogen) atoms. The van der Waals surface area contributed by atoms with Crippen molar-refractivity contribution >= 4 is 15.8 Å². The highest BCUT2D eigenvalue weighted by Gasteiger charge is 2.25. The van der Waals surface area contributed by atoms with Crippen molar-refractivity contribution in [2.45, 2.75) is 26.2 Å². The summed E-state index contributed by atoms with van der Waals surface area (Å²) < 4.78 is 38.6. The van der Waals surface area contributed by atoms with Crippen LogP contribution in [0.2, 0.25) is 0 Å². The number of aryl methyl sites for hydroxylation is 1. The van der Waals surface area contributed by atoms with E-state index in [1.165, 1.54) is 16.9 Å². The molecule has 0 aromatic carbocycles. The summed E-state index contributed by atoms with van der Waals surface area (Å²) in [4.78, 5) is 9.94. The van der Waals surface area contributed by atoms with Crippen LogP contribution in [0.5, 0.6) is 0 Å². The number of hydrogen-bond acceptors (Lipinski definition) is 5. The van der Waals surface area contributed by atoms with Crippen molar-refractivity contribution in [2.75, 3.05) is 37.8 Å². The average Bonchev–Trinajstić information content (AvgIpc) is 2.47. The summed E-state index contributed by atoms with van der Waals surface area (Å²) in [5.41, 5.74) is 0.434. The summed E-state index contributed by atoms with van der Waals surface area (Å²) in [5.74, 6) is 0.324. The monoisotopic (exact) mass is 330 g/mol. The van der Waals surface area contributed by atoms with Gasteiger partial charge in [0.2, 0.25) is 10.0 Å². The van der Waals surface area contributed by atoms with E-state index in [1.54, 1.807) is 7.05 Å². The lowest BCUT2D eigenvalue weighted by Gasteiger charge is -2.34. The molecular formula is C14H23FN4O2S. The maximum Gasteiger partial charge on any atom is 0.210 e. The fourth-order valence-corrected chi connectivity index (χ4v) is 3.17. The topological polar surface area (TPSA) is 66.4 Å². The zero-order valence-electron chi connectivity index (χ0n) is 13.3. The predicted octanol–water partition coefficient (Wildman–Crippen LogP) is 1.29. The number of halogens is 1. The van der Waals surface area contributed by atoms with Gasteiger partial charge in [-0.05, 0) is 25.2 Å². The molecule has 1 fully saturated rings. The Balaban J connectivity index is 1.98. The molecule has 0 spiro atoms. The zero-order valence-corrected chi connectivity index (χ0v) is 14.1. The molecule has 0 unspecified atom stereocenters. The van der Waals surface area contributed by atoms with Crippen LogP contribution in [0.3, 0.4) is 0 Å². The van der Waals surface area contributed by atoms with Crippen molar-refractivity contribution in [3.05, 3.63) is 17.8 Å². The molecule has 1 aliphatic rings. The lowest BCUT2D eigenvalue weighted by Crippen LogP contribution is -2.40. The van der Waals surface area contributed by atoms with Crippen molar-refractivity contribution < 1.29 is 12.8 Å². The molecule has 0 bridgehead atoms. The van der Waals surface area contributed by atoms with Gasteiger partial charge in [-0.15, -0.1) is 0 Å². The van der Waals surface area contributed by atoms with Gasteiger partial charge < -0.3 is 4.90 Å². The molecule has 6 nitrogen and oxygen atoms in total. The summed E-state index contributed by atoms with van der Waals surface area (Å²) in [5, 5.41) is 0. The largest absolute Gasteiger partial charge is 0.354 e.